The van der Waals surface area contributed by atoms with Crippen molar-refractivity contribution in [2.45, 2.75) is 58.2 Å². The Hall–Kier alpha value is -0.120. The molecule has 1 aliphatic heterocycles. The Kier molecular flexibility index (Phi) is 5.42. The van der Waals surface area contributed by atoms with Crippen LogP contribution in [0.15, 0.2) is 0 Å². The maximum Gasteiger partial charge on any atom is 0.0232 e. The van der Waals surface area contributed by atoms with Gasteiger partial charge in [-0.05, 0) is 67.7 Å². The third kappa shape index (κ3) is 3.94. The Morgan fingerprint density at radius 3 is 2.53 bits per heavy atom. The summed E-state index contributed by atoms with van der Waals surface area (Å²) in [5, 5.41) is 3.28. The maximum absolute atomic E-state index is 3.28. The molecule has 0 aromatic rings. The van der Waals surface area contributed by atoms with Gasteiger partial charge in [0, 0.05) is 24.2 Å². The van der Waals surface area contributed by atoms with E-state index in [1.54, 1.807) is 0 Å². The van der Waals surface area contributed by atoms with Crippen LogP contribution in [0.3, 0.4) is 0 Å². The second-order valence-corrected chi connectivity index (χ2v) is 6.34. The summed E-state index contributed by atoms with van der Waals surface area (Å²) >= 11 is 0. The standard InChI is InChI=1S/C14H31N3/c1-12(2)17-11-13(7-9-15-5)16(6)10-8-14(17,3)4/h12-13,15H,7-11H2,1-6H3. The molecule has 1 N–H and O–H groups in total. The van der Waals surface area contributed by atoms with Crippen molar-refractivity contribution in [3.8, 4) is 0 Å². The molecule has 1 heterocycles. The topological polar surface area (TPSA) is 18.5 Å². The first-order valence-corrected chi connectivity index (χ1v) is 7.00. The SMILES string of the molecule is CNCCC1CN(C(C)C)C(C)(C)CCN1C. The van der Waals surface area contributed by atoms with Gasteiger partial charge >= 0.3 is 0 Å². The smallest absolute Gasteiger partial charge is 0.0232 e. The van der Waals surface area contributed by atoms with Gasteiger partial charge in [0.15, 0.2) is 0 Å². The summed E-state index contributed by atoms with van der Waals surface area (Å²) in [4.78, 5) is 5.22. The fraction of sp³-hybridized carbons (Fsp3) is 1.00. The third-order valence-corrected chi connectivity index (χ3v) is 4.24. The van der Waals surface area contributed by atoms with Crippen LogP contribution in [0, 0.1) is 0 Å². The molecule has 1 rings (SSSR count). The van der Waals surface area contributed by atoms with Crippen LogP contribution in [0.4, 0.5) is 0 Å². The summed E-state index contributed by atoms with van der Waals surface area (Å²) in [6.07, 6.45) is 2.50. The number of likely N-dealkylation sites (N-methyl/N-ethyl adjacent to an activating group) is 1. The van der Waals surface area contributed by atoms with E-state index < -0.39 is 0 Å². The first kappa shape index (κ1) is 14.9. The van der Waals surface area contributed by atoms with Gasteiger partial charge in [0.05, 0.1) is 0 Å². The first-order chi connectivity index (χ1) is 7.88. The Morgan fingerprint density at radius 1 is 1.35 bits per heavy atom. The molecule has 0 aromatic carbocycles. The molecular formula is C14H31N3. The van der Waals surface area contributed by atoms with E-state index >= 15 is 0 Å². The zero-order valence-electron chi connectivity index (χ0n) is 12.6. The van der Waals surface area contributed by atoms with Gasteiger partial charge in [-0.1, -0.05) is 0 Å². The zero-order valence-corrected chi connectivity index (χ0v) is 12.6. The van der Waals surface area contributed by atoms with Gasteiger partial charge in [0.2, 0.25) is 0 Å². The van der Waals surface area contributed by atoms with Crippen LogP contribution in [0.25, 0.3) is 0 Å². The number of hydrogen-bond donors (Lipinski definition) is 1. The number of nitrogens with one attached hydrogen (secondary N) is 1. The van der Waals surface area contributed by atoms with E-state index in [9.17, 15) is 0 Å². The van der Waals surface area contributed by atoms with E-state index in [2.05, 4.69) is 49.9 Å². The van der Waals surface area contributed by atoms with Gasteiger partial charge in [-0.25, -0.2) is 0 Å². The molecule has 0 spiro atoms. The summed E-state index contributed by atoms with van der Waals surface area (Å²) in [7, 11) is 4.32. The molecule has 1 fully saturated rings. The molecule has 0 radical (unpaired) electrons. The van der Waals surface area contributed by atoms with E-state index in [1.165, 1.54) is 25.9 Å². The lowest BCUT2D eigenvalue weighted by molar-refractivity contribution is 0.0790. The van der Waals surface area contributed by atoms with Gasteiger partial charge in [-0.15, -0.1) is 0 Å². The highest BCUT2D eigenvalue weighted by atomic mass is 15.3. The lowest BCUT2D eigenvalue weighted by Crippen LogP contribution is -2.50. The highest BCUT2D eigenvalue weighted by molar-refractivity contribution is 4.91. The van der Waals surface area contributed by atoms with Gasteiger partial charge in [-0.3, -0.25) is 4.90 Å². The average Bonchev–Trinajstić information content (AvgIpc) is 2.35. The molecule has 3 heteroatoms. The van der Waals surface area contributed by atoms with Crippen LogP contribution in [0.5, 0.6) is 0 Å². The fourth-order valence-corrected chi connectivity index (χ4v) is 2.92. The molecule has 3 nitrogen and oxygen atoms in total. The molecule has 0 aromatic heterocycles. The van der Waals surface area contributed by atoms with Crippen LogP contribution in [-0.2, 0) is 0 Å². The Labute approximate surface area is 108 Å². The summed E-state index contributed by atoms with van der Waals surface area (Å²) < 4.78 is 0. The molecule has 1 atom stereocenters. The highest BCUT2D eigenvalue weighted by Crippen LogP contribution is 2.27. The van der Waals surface area contributed by atoms with E-state index in [-0.39, 0.29) is 0 Å². The molecule has 102 valence electrons. The predicted octanol–water partition coefficient (Wildman–Crippen LogP) is 1.79. The summed E-state index contributed by atoms with van der Waals surface area (Å²) in [5.41, 5.74) is 0.330. The van der Waals surface area contributed by atoms with E-state index in [4.69, 9.17) is 0 Å². The monoisotopic (exact) mass is 241 g/mol. The molecule has 1 saturated heterocycles. The minimum atomic E-state index is 0.330. The van der Waals surface area contributed by atoms with Crippen LogP contribution < -0.4 is 5.32 Å². The van der Waals surface area contributed by atoms with Crippen LogP contribution in [0.1, 0.15) is 40.5 Å². The summed E-state index contributed by atoms with van der Waals surface area (Å²) in [5.74, 6) is 0. The molecule has 1 aliphatic rings. The lowest BCUT2D eigenvalue weighted by Gasteiger charge is -2.41. The van der Waals surface area contributed by atoms with Crippen LogP contribution >= 0.6 is 0 Å². The van der Waals surface area contributed by atoms with Crippen LogP contribution in [-0.4, -0.2) is 61.2 Å². The largest absolute Gasteiger partial charge is 0.320 e. The number of hydrogen-bond acceptors (Lipinski definition) is 3. The van der Waals surface area contributed by atoms with Crippen molar-refractivity contribution < 1.29 is 0 Å². The number of rotatable bonds is 4. The first-order valence-electron chi connectivity index (χ1n) is 7.00. The second-order valence-electron chi connectivity index (χ2n) is 6.34. The van der Waals surface area contributed by atoms with E-state index in [0.717, 1.165) is 6.54 Å². The highest BCUT2D eigenvalue weighted by Gasteiger charge is 2.34. The predicted molar refractivity (Wildman–Crippen MR) is 75.5 cm³/mol. The Morgan fingerprint density at radius 2 is 2.00 bits per heavy atom. The van der Waals surface area contributed by atoms with Gasteiger partial charge < -0.3 is 10.2 Å². The molecule has 0 aliphatic carbocycles. The molecular weight excluding hydrogens is 210 g/mol. The van der Waals surface area contributed by atoms with Crippen molar-refractivity contribution in [1.29, 1.82) is 0 Å². The van der Waals surface area contributed by atoms with Crippen molar-refractivity contribution >= 4 is 0 Å². The van der Waals surface area contributed by atoms with Gasteiger partial charge in [0.1, 0.15) is 0 Å². The van der Waals surface area contributed by atoms with E-state index in [0.29, 0.717) is 17.6 Å². The zero-order chi connectivity index (χ0) is 13.1. The average molecular weight is 241 g/mol. The third-order valence-electron chi connectivity index (χ3n) is 4.24. The van der Waals surface area contributed by atoms with Crippen molar-refractivity contribution in [2.24, 2.45) is 0 Å². The van der Waals surface area contributed by atoms with Gasteiger partial charge in [-0.2, -0.15) is 0 Å². The van der Waals surface area contributed by atoms with Crippen molar-refractivity contribution in [3.05, 3.63) is 0 Å². The molecule has 0 amide bonds. The molecule has 0 bridgehead atoms. The van der Waals surface area contributed by atoms with E-state index in [1.807, 2.05) is 7.05 Å². The Balaban J connectivity index is 2.74. The van der Waals surface area contributed by atoms with Crippen LogP contribution in [0.2, 0.25) is 0 Å². The fourth-order valence-electron chi connectivity index (χ4n) is 2.92. The normalized spacial score (nSPS) is 27.4. The van der Waals surface area contributed by atoms with Crippen molar-refractivity contribution in [3.63, 3.8) is 0 Å². The van der Waals surface area contributed by atoms with Crippen molar-refractivity contribution in [2.75, 3.05) is 33.7 Å². The second kappa shape index (κ2) is 6.17. The molecule has 1 unspecified atom stereocenters. The lowest BCUT2D eigenvalue weighted by atomic mass is 9.96. The minimum Gasteiger partial charge on any atom is -0.320 e. The number of nitrogens with zero attached hydrogens (tertiary/aromatic N) is 2. The molecule has 0 saturated carbocycles. The quantitative estimate of drug-likeness (QED) is 0.809. The van der Waals surface area contributed by atoms with Crippen molar-refractivity contribution in [1.82, 2.24) is 15.1 Å². The summed E-state index contributed by atoms with van der Waals surface area (Å²) in [6, 6.07) is 1.32. The maximum atomic E-state index is 3.28. The Bertz CT molecular complexity index is 226. The molecule has 17 heavy (non-hydrogen) atoms. The van der Waals surface area contributed by atoms with Gasteiger partial charge in [0.25, 0.3) is 0 Å². The summed E-state index contributed by atoms with van der Waals surface area (Å²) in [6.45, 7) is 12.9. The minimum absolute atomic E-state index is 0.330.